The van der Waals surface area contributed by atoms with Crippen LogP contribution < -0.4 is 32.7 Å². The monoisotopic (exact) mass is 912 g/mol. The minimum Gasteiger partial charge on any atom is -0.397 e. The van der Waals surface area contributed by atoms with E-state index in [1.54, 1.807) is 90.2 Å². The summed E-state index contributed by atoms with van der Waals surface area (Å²) in [6.45, 7) is 9.21. The van der Waals surface area contributed by atoms with E-state index in [-0.39, 0.29) is 41.5 Å². The van der Waals surface area contributed by atoms with Crippen LogP contribution in [0.2, 0.25) is 0 Å². The van der Waals surface area contributed by atoms with E-state index in [2.05, 4.69) is 31.1 Å². The molecule has 14 nitrogen and oxygen atoms in total. The van der Waals surface area contributed by atoms with Crippen LogP contribution in [-0.4, -0.2) is 98.1 Å². The van der Waals surface area contributed by atoms with Gasteiger partial charge in [-0.3, -0.25) is 29.0 Å². The van der Waals surface area contributed by atoms with Crippen molar-refractivity contribution in [2.45, 2.75) is 25.9 Å². The number of anilines is 6. The first-order valence-electron chi connectivity index (χ1n) is 21.6. The topological polar surface area (TPSA) is 193 Å². The van der Waals surface area contributed by atoms with Gasteiger partial charge in [-0.15, -0.1) is 11.3 Å². The number of halogens is 1. The molecule has 2 fully saturated rings. The van der Waals surface area contributed by atoms with Gasteiger partial charge in [-0.1, -0.05) is 30.3 Å². The van der Waals surface area contributed by atoms with E-state index in [9.17, 15) is 23.6 Å². The van der Waals surface area contributed by atoms with Crippen LogP contribution >= 0.6 is 11.3 Å². The number of hydrogen-bond acceptors (Lipinski definition) is 11. The van der Waals surface area contributed by atoms with E-state index < -0.39 is 0 Å². The minimum absolute atomic E-state index is 0.0812. The molecular weight excluding hydrogens is 860 g/mol. The van der Waals surface area contributed by atoms with Crippen molar-refractivity contribution in [3.05, 3.63) is 144 Å². The first-order chi connectivity index (χ1) is 31.9. The molecule has 8 rings (SSSR count). The van der Waals surface area contributed by atoms with Crippen LogP contribution in [0.5, 0.6) is 0 Å². The molecular formula is C50H53FN8O6S. The number of nitrogens with zero attached hydrogens (tertiary/aromatic N) is 2. The van der Waals surface area contributed by atoms with Gasteiger partial charge in [0.05, 0.1) is 61.3 Å². The Bertz CT molecular complexity index is 2600. The number of carbonyl (C=O) groups is 4. The summed E-state index contributed by atoms with van der Waals surface area (Å²) >= 11 is 1.63. The number of nitrogens with one attached hydrogen (secondary N) is 4. The molecule has 2 unspecified atom stereocenters. The lowest BCUT2D eigenvalue weighted by molar-refractivity contribution is -0.123. The van der Waals surface area contributed by atoms with Gasteiger partial charge in [0.15, 0.2) is 0 Å². The number of nitrogens with two attached hydrogens (primary N) is 2. The van der Waals surface area contributed by atoms with E-state index in [1.807, 2.05) is 49.6 Å². The largest absolute Gasteiger partial charge is 0.397 e. The number of nitrogen functional groups attached to an aromatic ring is 2. The lowest BCUT2D eigenvalue weighted by Crippen LogP contribution is -2.47. The molecule has 0 radical (unpaired) electrons. The number of carbonyl (C=O) groups excluding carboxylic acids is 4. The Kier molecular flexibility index (Phi) is 15.9. The van der Waals surface area contributed by atoms with Gasteiger partial charge in [-0.2, -0.15) is 0 Å². The van der Waals surface area contributed by atoms with E-state index in [1.165, 1.54) is 12.1 Å². The molecule has 4 amide bonds. The van der Waals surface area contributed by atoms with Crippen LogP contribution in [0.1, 0.15) is 34.6 Å². The van der Waals surface area contributed by atoms with Crippen LogP contribution in [0, 0.1) is 5.82 Å². The van der Waals surface area contributed by atoms with Crippen LogP contribution in [-0.2, 0) is 19.1 Å². The Labute approximate surface area is 387 Å². The first-order valence-corrected chi connectivity index (χ1v) is 22.5. The van der Waals surface area contributed by atoms with Gasteiger partial charge in [-0.25, -0.2) is 4.39 Å². The zero-order valence-corrected chi connectivity index (χ0v) is 37.5. The zero-order valence-electron chi connectivity index (χ0n) is 36.7. The van der Waals surface area contributed by atoms with Gasteiger partial charge in [-0.05, 0) is 127 Å². The van der Waals surface area contributed by atoms with Crippen LogP contribution in [0.4, 0.5) is 38.5 Å². The highest BCUT2D eigenvalue weighted by atomic mass is 32.1. The Morgan fingerprint density at radius 1 is 0.561 bits per heavy atom. The van der Waals surface area contributed by atoms with Crippen LogP contribution in [0.15, 0.2) is 127 Å². The number of benzene rings is 5. The van der Waals surface area contributed by atoms with Gasteiger partial charge in [0.2, 0.25) is 11.8 Å². The van der Waals surface area contributed by atoms with Gasteiger partial charge in [0.1, 0.15) is 5.82 Å². The number of amides is 4. The summed E-state index contributed by atoms with van der Waals surface area (Å²) < 4.78 is 23.9. The maximum Gasteiger partial charge on any atom is 0.255 e. The van der Waals surface area contributed by atoms with Gasteiger partial charge in [0.25, 0.3) is 11.8 Å². The fourth-order valence-corrected chi connectivity index (χ4v) is 8.02. The molecule has 2 aliphatic rings. The predicted molar refractivity (Wildman–Crippen MR) is 260 cm³/mol. The van der Waals surface area contributed by atoms with E-state index >= 15 is 0 Å². The zero-order chi connectivity index (χ0) is 46.6. The molecule has 2 atom stereocenters. The summed E-state index contributed by atoms with van der Waals surface area (Å²) in [5, 5.41) is 13.5. The van der Waals surface area contributed by atoms with Crippen molar-refractivity contribution in [2.75, 3.05) is 85.3 Å². The lowest BCUT2D eigenvalue weighted by Gasteiger charge is -2.31. The Hall–Kier alpha value is -6.95. The van der Waals surface area contributed by atoms with Crippen molar-refractivity contribution in [1.82, 2.24) is 9.80 Å². The highest BCUT2D eigenvalue weighted by Gasteiger charge is 2.25. The van der Waals surface area contributed by atoms with E-state index in [4.69, 9.17) is 20.9 Å². The molecule has 3 heterocycles. The first kappa shape index (κ1) is 47.0. The third-order valence-electron chi connectivity index (χ3n) is 11.4. The average molecular weight is 913 g/mol. The van der Waals surface area contributed by atoms with Crippen molar-refractivity contribution in [1.29, 1.82) is 0 Å². The minimum atomic E-state index is -0.331. The third kappa shape index (κ3) is 12.4. The number of hydrogen-bond donors (Lipinski definition) is 6. The third-order valence-corrected chi connectivity index (χ3v) is 12.3. The van der Waals surface area contributed by atoms with Crippen LogP contribution in [0.25, 0.3) is 21.6 Å². The van der Waals surface area contributed by atoms with Crippen molar-refractivity contribution in [3.8, 4) is 21.6 Å². The molecule has 8 N–H and O–H groups in total. The number of rotatable bonds is 12. The number of morpholine rings is 2. The summed E-state index contributed by atoms with van der Waals surface area (Å²) in [5.41, 5.74) is 18.8. The van der Waals surface area contributed by atoms with Crippen molar-refractivity contribution in [3.63, 3.8) is 0 Å². The maximum atomic E-state index is 13.2. The highest BCUT2D eigenvalue weighted by molar-refractivity contribution is 7.13. The molecule has 2 aliphatic heterocycles. The van der Waals surface area contributed by atoms with Crippen molar-refractivity contribution < 1.29 is 33.0 Å². The summed E-state index contributed by atoms with van der Waals surface area (Å²) in [5.74, 6) is -1.10. The van der Waals surface area contributed by atoms with Gasteiger partial charge < -0.3 is 42.2 Å². The summed E-state index contributed by atoms with van der Waals surface area (Å²) in [7, 11) is 0. The fraction of sp³-hybridized carbons (Fsp3) is 0.240. The average Bonchev–Trinajstić information content (AvgIpc) is 3.89. The quantitative estimate of drug-likeness (QED) is 0.0658. The standard InChI is InChI=1S/C26H27FN4O3.C24H26N4O3S/c1-17(31-12-14-34-15-13-31)25(32)29-22-9-4-19(5-10-22)26(33)30-24-16-20(6-11-23(24)28)18-2-7-21(27)8-3-18;1-16(28-10-12-31-13-11-28)23(29)26-19-7-4-17(5-8-19)24(30)27-21-15-18(6-9-20(21)25)22-3-2-14-32-22/h2-11,16-17H,12-15,28H2,1H3,(H,29,32)(H,30,33);2-9,14-16H,10-13,25H2,1H3,(H,26,29)(H,27,30). The predicted octanol–water partition coefficient (Wildman–Crippen LogP) is 7.90. The molecule has 5 aromatic carbocycles. The van der Waals surface area contributed by atoms with Crippen molar-refractivity contribution >= 4 is 69.1 Å². The molecule has 342 valence electrons. The second-order valence-electron chi connectivity index (χ2n) is 15.8. The lowest BCUT2D eigenvalue weighted by atomic mass is 10.0. The van der Waals surface area contributed by atoms with E-state index in [0.29, 0.717) is 71.7 Å². The fourth-order valence-electron chi connectivity index (χ4n) is 7.30. The second-order valence-corrected chi connectivity index (χ2v) is 16.7. The molecule has 0 saturated carbocycles. The normalized spacial score (nSPS) is 15.0. The molecule has 16 heteroatoms. The summed E-state index contributed by atoms with van der Waals surface area (Å²) in [4.78, 5) is 55.9. The van der Waals surface area contributed by atoms with Crippen LogP contribution in [0.3, 0.4) is 0 Å². The second kappa shape index (κ2) is 22.3. The van der Waals surface area contributed by atoms with Crippen molar-refractivity contribution in [2.24, 2.45) is 0 Å². The number of ether oxygens (including phenoxy) is 2. The molecule has 1 aromatic heterocycles. The summed E-state index contributed by atoms with van der Waals surface area (Å²) in [6, 6.07) is 33.9. The number of thiophene rings is 1. The highest BCUT2D eigenvalue weighted by Crippen LogP contribution is 2.31. The Morgan fingerprint density at radius 3 is 1.42 bits per heavy atom. The molecule has 6 aromatic rings. The maximum absolute atomic E-state index is 13.2. The van der Waals surface area contributed by atoms with Gasteiger partial charge >= 0.3 is 0 Å². The molecule has 0 bridgehead atoms. The summed E-state index contributed by atoms with van der Waals surface area (Å²) in [6.07, 6.45) is 0. The van der Waals surface area contributed by atoms with Gasteiger partial charge in [0, 0.05) is 53.6 Å². The molecule has 0 aliphatic carbocycles. The smallest absolute Gasteiger partial charge is 0.255 e. The Morgan fingerprint density at radius 2 is 0.985 bits per heavy atom. The SMILES string of the molecule is CC(C(=O)Nc1ccc(C(=O)Nc2cc(-c3ccc(F)cc3)ccc2N)cc1)N1CCOCC1.CC(C(=O)Nc1ccc(C(=O)Nc2cc(-c3cccs3)ccc2N)cc1)N1CCOCC1. The molecule has 0 spiro atoms. The molecule has 2 saturated heterocycles. The Balaban J connectivity index is 0.000000197. The molecule has 66 heavy (non-hydrogen) atoms. The van der Waals surface area contributed by atoms with E-state index in [0.717, 1.165) is 47.7 Å².